The van der Waals surface area contributed by atoms with Crippen LogP contribution in [-0.2, 0) is 17.9 Å². The summed E-state index contributed by atoms with van der Waals surface area (Å²) >= 11 is 10.8. The molecule has 0 bridgehead atoms. The highest BCUT2D eigenvalue weighted by Crippen LogP contribution is 2.26. The van der Waals surface area contributed by atoms with Crippen LogP contribution in [0.3, 0.4) is 0 Å². The molecule has 1 amide bonds. The standard InChI is InChI=1S/C21H22BrClN4O2S/c1-4-27-19(11-29-16-8-13(2)7-14(3)9-16)25-26-21(27)30-12-20(28)24-18-6-5-15(22)10-17(18)23/h5-10H,4,11-12H2,1-3H3,(H,24,28). The Morgan fingerprint density at radius 1 is 1.20 bits per heavy atom. The van der Waals surface area contributed by atoms with Crippen LogP contribution in [0.1, 0.15) is 23.9 Å². The Morgan fingerprint density at radius 3 is 2.60 bits per heavy atom. The van der Waals surface area contributed by atoms with Crippen LogP contribution in [0, 0.1) is 13.8 Å². The lowest BCUT2D eigenvalue weighted by atomic mass is 10.1. The molecule has 0 aliphatic rings. The normalized spacial score (nSPS) is 10.8. The van der Waals surface area contributed by atoms with Crippen molar-refractivity contribution < 1.29 is 9.53 Å². The number of anilines is 1. The molecule has 0 aliphatic carbocycles. The Labute approximate surface area is 193 Å². The third kappa shape index (κ3) is 6.00. The molecule has 0 saturated carbocycles. The van der Waals surface area contributed by atoms with Gasteiger partial charge >= 0.3 is 0 Å². The molecule has 9 heteroatoms. The van der Waals surface area contributed by atoms with Gasteiger partial charge in [-0.1, -0.05) is 45.4 Å². The van der Waals surface area contributed by atoms with Gasteiger partial charge in [0.15, 0.2) is 11.0 Å². The van der Waals surface area contributed by atoms with Crippen molar-refractivity contribution in [1.29, 1.82) is 0 Å². The average Bonchev–Trinajstić information content (AvgIpc) is 3.08. The monoisotopic (exact) mass is 508 g/mol. The lowest BCUT2D eigenvalue weighted by Gasteiger charge is -2.10. The molecule has 1 N–H and O–H groups in total. The van der Waals surface area contributed by atoms with Gasteiger partial charge in [-0.15, -0.1) is 10.2 Å². The fraction of sp³-hybridized carbons (Fsp3) is 0.286. The molecule has 30 heavy (non-hydrogen) atoms. The average molecular weight is 510 g/mol. The molecular formula is C21H22BrClN4O2S. The number of hydrogen-bond acceptors (Lipinski definition) is 5. The molecule has 2 aromatic carbocycles. The molecule has 3 rings (SSSR count). The van der Waals surface area contributed by atoms with E-state index in [2.05, 4.69) is 37.5 Å². The summed E-state index contributed by atoms with van der Waals surface area (Å²) in [6, 6.07) is 11.4. The van der Waals surface area contributed by atoms with E-state index in [0.29, 0.717) is 29.0 Å². The number of carbonyl (C=O) groups is 1. The molecule has 0 radical (unpaired) electrons. The summed E-state index contributed by atoms with van der Waals surface area (Å²) in [7, 11) is 0. The van der Waals surface area contributed by atoms with E-state index in [4.69, 9.17) is 16.3 Å². The second-order valence-electron chi connectivity index (χ2n) is 6.72. The van der Waals surface area contributed by atoms with Crippen LogP contribution in [0.4, 0.5) is 5.69 Å². The number of hydrogen-bond donors (Lipinski definition) is 1. The number of amides is 1. The largest absolute Gasteiger partial charge is 0.486 e. The molecule has 0 aliphatic heterocycles. The summed E-state index contributed by atoms with van der Waals surface area (Å²) in [5.41, 5.74) is 2.87. The Morgan fingerprint density at radius 2 is 1.93 bits per heavy atom. The fourth-order valence-electron chi connectivity index (χ4n) is 2.92. The Kier molecular flexibility index (Phi) is 7.80. The minimum absolute atomic E-state index is 0.164. The molecule has 0 atom stereocenters. The first kappa shape index (κ1) is 22.7. The van der Waals surface area contributed by atoms with Crippen molar-refractivity contribution in [3.8, 4) is 5.75 Å². The van der Waals surface area contributed by atoms with Crippen LogP contribution in [0.5, 0.6) is 5.75 Å². The van der Waals surface area contributed by atoms with E-state index < -0.39 is 0 Å². The number of aryl methyl sites for hydroxylation is 2. The number of rotatable bonds is 8. The maximum absolute atomic E-state index is 12.3. The van der Waals surface area contributed by atoms with Crippen molar-refractivity contribution in [1.82, 2.24) is 14.8 Å². The van der Waals surface area contributed by atoms with Gasteiger partial charge < -0.3 is 14.6 Å². The van der Waals surface area contributed by atoms with Gasteiger partial charge in [0.2, 0.25) is 5.91 Å². The van der Waals surface area contributed by atoms with Crippen molar-refractivity contribution in [2.45, 2.75) is 39.1 Å². The van der Waals surface area contributed by atoms with Crippen molar-refractivity contribution in [3.63, 3.8) is 0 Å². The van der Waals surface area contributed by atoms with Gasteiger partial charge in [-0.25, -0.2) is 0 Å². The van der Waals surface area contributed by atoms with Gasteiger partial charge in [-0.3, -0.25) is 4.79 Å². The Hall–Kier alpha value is -2.03. The van der Waals surface area contributed by atoms with Gasteiger partial charge in [-0.2, -0.15) is 0 Å². The molecule has 158 valence electrons. The zero-order valence-electron chi connectivity index (χ0n) is 16.9. The van der Waals surface area contributed by atoms with Gasteiger partial charge in [0.05, 0.1) is 16.5 Å². The zero-order valence-corrected chi connectivity index (χ0v) is 20.1. The SMILES string of the molecule is CCn1c(COc2cc(C)cc(C)c2)nnc1SCC(=O)Nc1ccc(Br)cc1Cl. The van der Waals surface area contributed by atoms with E-state index in [1.54, 1.807) is 12.1 Å². The molecular weight excluding hydrogens is 488 g/mol. The maximum Gasteiger partial charge on any atom is 0.234 e. The van der Waals surface area contributed by atoms with Gasteiger partial charge in [-0.05, 0) is 62.2 Å². The predicted molar refractivity (Wildman–Crippen MR) is 124 cm³/mol. The third-order valence-corrected chi connectivity index (χ3v) is 5.98. The Balaban J connectivity index is 1.60. The molecule has 0 unspecified atom stereocenters. The van der Waals surface area contributed by atoms with Crippen LogP contribution in [0.15, 0.2) is 46.0 Å². The molecule has 1 aromatic heterocycles. The number of carbonyl (C=O) groups excluding carboxylic acids is 1. The highest BCUT2D eigenvalue weighted by Gasteiger charge is 2.14. The molecule has 0 spiro atoms. The first-order valence-electron chi connectivity index (χ1n) is 9.36. The van der Waals surface area contributed by atoms with Gasteiger partial charge in [0.1, 0.15) is 12.4 Å². The number of ether oxygens (including phenoxy) is 1. The highest BCUT2D eigenvalue weighted by molar-refractivity contribution is 9.10. The van der Waals surface area contributed by atoms with Gasteiger partial charge in [0, 0.05) is 11.0 Å². The second kappa shape index (κ2) is 10.3. The van der Waals surface area contributed by atoms with E-state index in [1.807, 2.05) is 43.5 Å². The van der Waals surface area contributed by atoms with Crippen LogP contribution >= 0.6 is 39.3 Å². The number of thioether (sulfide) groups is 1. The summed E-state index contributed by atoms with van der Waals surface area (Å²) in [6.45, 7) is 7.08. The summed E-state index contributed by atoms with van der Waals surface area (Å²) < 4.78 is 8.71. The number of aromatic nitrogens is 3. The Bertz CT molecular complexity index is 1040. The van der Waals surface area contributed by atoms with E-state index in [9.17, 15) is 4.79 Å². The predicted octanol–water partition coefficient (Wildman–Crippen LogP) is 5.64. The van der Waals surface area contributed by atoms with E-state index in [-0.39, 0.29) is 11.7 Å². The molecule has 6 nitrogen and oxygen atoms in total. The minimum atomic E-state index is -0.164. The van der Waals surface area contributed by atoms with E-state index in [0.717, 1.165) is 27.2 Å². The summed E-state index contributed by atoms with van der Waals surface area (Å²) in [5.74, 6) is 1.55. The topological polar surface area (TPSA) is 69.0 Å². The van der Waals surface area contributed by atoms with Crippen molar-refractivity contribution in [2.24, 2.45) is 0 Å². The first-order valence-corrected chi connectivity index (χ1v) is 11.5. The summed E-state index contributed by atoms with van der Waals surface area (Å²) in [6.07, 6.45) is 0. The van der Waals surface area contributed by atoms with E-state index in [1.165, 1.54) is 11.8 Å². The van der Waals surface area contributed by atoms with Crippen molar-refractivity contribution in [3.05, 3.63) is 62.8 Å². The smallest absolute Gasteiger partial charge is 0.234 e. The summed E-state index contributed by atoms with van der Waals surface area (Å²) in [4.78, 5) is 12.3. The maximum atomic E-state index is 12.3. The quantitative estimate of drug-likeness (QED) is 0.398. The number of benzene rings is 2. The third-order valence-electron chi connectivity index (χ3n) is 4.21. The molecule has 1 heterocycles. The fourth-order valence-corrected chi connectivity index (χ4v) is 4.46. The molecule has 0 fully saturated rings. The zero-order chi connectivity index (χ0) is 21.7. The molecule has 3 aromatic rings. The number of nitrogens with zero attached hydrogens (tertiary/aromatic N) is 3. The molecule has 0 saturated heterocycles. The van der Waals surface area contributed by atoms with Crippen LogP contribution in [0.2, 0.25) is 5.02 Å². The van der Waals surface area contributed by atoms with Crippen LogP contribution in [0.25, 0.3) is 0 Å². The van der Waals surface area contributed by atoms with Crippen molar-refractivity contribution in [2.75, 3.05) is 11.1 Å². The van der Waals surface area contributed by atoms with E-state index >= 15 is 0 Å². The number of halogens is 2. The van der Waals surface area contributed by atoms with Crippen LogP contribution < -0.4 is 10.1 Å². The lowest BCUT2D eigenvalue weighted by molar-refractivity contribution is -0.113. The first-order chi connectivity index (χ1) is 14.4. The van der Waals surface area contributed by atoms with Gasteiger partial charge in [0.25, 0.3) is 0 Å². The van der Waals surface area contributed by atoms with Crippen LogP contribution in [-0.4, -0.2) is 26.4 Å². The second-order valence-corrected chi connectivity index (χ2v) is 8.98. The van der Waals surface area contributed by atoms with Crippen molar-refractivity contribution >= 4 is 50.9 Å². The minimum Gasteiger partial charge on any atom is -0.486 e. The lowest BCUT2D eigenvalue weighted by Crippen LogP contribution is -2.15. The summed E-state index contributed by atoms with van der Waals surface area (Å²) in [5, 5.41) is 12.4. The highest BCUT2D eigenvalue weighted by atomic mass is 79.9. The number of nitrogens with one attached hydrogen (secondary N) is 1.